The van der Waals surface area contributed by atoms with Crippen molar-refractivity contribution in [2.45, 2.75) is 68.8 Å². The molecule has 0 saturated carbocycles. The van der Waals surface area contributed by atoms with Crippen LogP contribution in [0.15, 0.2) is 84.9 Å². The summed E-state index contributed by atoms with van der Waals surface area (Å²) in [5, 5.41) is 24.5. The summed E-state index contributed by atoms with van der Waals surface area (Å²) in [4.78, 5) is 57.6. The zero-order valence-corrected chi connectivity index (χ0v) is 33.9. The van der Waals surface area contributed by atoms with Gasteiger partial charge in [0.15, 0.2) is 11.9 Å². The number of hydrogen-bond acceptors (Lipinski definition) is 11. The highest BCUT2D eigenvalue weighted by atomic mass is 16.5. The number of ether oxygens (including phenoxy) is 1. The molecule has 0 bridgehead atoms. The number of para-hydroxylation sites is 1. The third kappa shape index (κ3) is 9.08. The van der Waals surface area contributed by atoms with Crippen molar-refractivity contribution in [2.75, 3.05) is 63.0 Å². The number of nitrogen functional groups attached to an aromatic ring is 1. The minimum atomic E-state index is -0.701. The normalized spacial score (nSPS) is 20.4. The van der Waals surface area contributed by atoms with Crippen LogP contribution in [0.2, 0.25) is 0 Å². The lowest BCUT2D eigenvalue weighted by Crippen LogP contribution is -2.53. The molecule has 314 valence electrons. The molecule has 5 heterocycles. The average Bonchev–Trinajstić information content (AvgIpc) is 3.28. The number of likely N-dealkylation sites (tertiary alicyclic amines) is 2. The van der Waals surface area contributed by atoms with Crippen molar-refractivity contribution < 1.29 is 29.0 Å². The predicted molar refractivity (Wildman–Crippen MR) is 227 cm³/mol. The molecular weight excluding hydrogens is 761 g/mol. The Hall–Kier alpha value is -6.02. The van der Waals surface area contributed by atoms with Crippen LogP contribution in [0.25, 0.3) is 11.3 Å². The van der Waals surface area contributed by atoms with Crippen LogP contribution in [0, 0.1) is 5.92 Å². The first-order chi connectivity index (χ1) is 29.1. The van der Waals surface area contributed by atoms with Gasteiger partial charge in [0.2, 0.25) is 17.7 Å². The van der Waals surface area contributed by atoms with Gasteiger partial charge in [0.1, 0.15) is 11.5 Å². The second-order valence-electron chi connectivity index (χ2n) is 16.7. The summed E-state index contributed by atoms with van der Waals surface area (Å²) in [7, 11) is 0. The summed E-state index contributed by atoms with van der Waals surface area (Å²) < 4.78 is 5.84. The third-order valence-corrected chi connectivity index (χ3v) is 13.0. The molecular formula is C46H54N8O6. The van der Waals surface area contributed by atoms with Gasteiger partial charge >= 0.3 is 0 Å². The van der Waals surface area contributed by atoms with Crippen LogP contribution in [0.3, 0.4) is 0 Å². The second kappa shape index (κ2) is 18.1. The summed E-state index contributed by atoms with van der Waals surface area (Å²) >= 11 is 0. The van der Waals surface area contributed by atoms with Crippen molar-refractivity contribution in [1.82, 2.24) is 30.6 Å². The van der Waals surface area contributed by atoms with Crippen molar-refractivity contribution in [3.05, 3.63) is 96.1 Å². The lowest BCUT2D eigenvalue weighted by molar-refractivity contribution is -0.139. The number of phenols is 1. The van der Waals surface area contributed by atoms with Crippen molar-refractivity contribution in [3.8, 4) is 22.8 Å². The molecule has 4 aliphatic heterocycles. The molecule has 4 aliphatic rings. The molecule has 1 atom stereocenters. The molecule has 60 heavy (non-hydrogen) atoms. The first-order valence-electron chi connectivity index (χ1n) is 21.3. The fourth-order valence-corrected chi connectivity index (χ4v) is 9.28. The van der Waals surface area contributed by atoms with Gasteiger partial charge in [-0.25, -0.2) is 0 Å². The van der Waals surface area contributed by atoms with E-state index in [0.717, 1.165) is 50.0 Å². The van der Waals surface area contributed by atoms with Gasteiger partial charge in [-0.1, -0.05) is 54.6 Å². The minimum absolute atomic E-state index is 0.0301. The molecule has 0 aliphatic carbocycles. The van der Waals surface area contributed by atoms with Gasteiger partial charge in [-0.05, 0) is 105 Å². The Bertz CT molecular complexity index is 2160. The zero-order chi connectivity index (χ0) is 41.6. The van der Waals surface area contributed by atoms with Gasteiger partial charge in [-0.2, -0.15) is 0 Å². The lowest BCUT2D eigenvalue weighted by atomic mass is 9.71. The summed E-state index contributed by atoms with van der Waals surface area (Å²) in [6.45, 7) is 5.24. The van der Waals surface area contributed by atoms with Crippen LogP contribution in [-0.2, 0) is 24.6 Å². The lowest BCUT2D eigenvalue weighted by Gasteiger charge is -2.42. The van der Waals surface area contributed by atoms with E-state index in [2.05, 4.69) is 42.8 Å². The zero-order valence-electron chi connectivity index (χ0n) is 33.9. The van der Waals surface area contributed by atoms with Crippen LogP contribution in [0.4, 0.5) is 11.5 Å². The smallest absolute Gasteiger partial charge is 0.267 e. The molecule has 0 spiro atoms. The van der Waals surface area contributed by atoms with E-state index in [1.54, 1.807) is 18.2 Å². The minimum Gasteiger partial charge on any atom is -0.507 e. The Labute approximate surface area is 350 Å². The Morgan fingerprint density at radius 3 is 2.25 bits per heavy atom. The fourth-order valence-electron chi connectivity index (χ4n) is 9.28. The Morgan fingerprint density at radius 2 is 1.55 bits per heavy atom. The van der Waals surface area contributed by atoms with Gasteiger partial charge in [0, 0.05) is 51.1 Å². The number of amides is 4. The van der Waals surface area contributed by atoms with Crippen LogP contribution < -0.4 is 26.0 Å². The van der Waals surface area contributed by atoms with Crippen LogP contribution in [-0.4, -0.2) is 107 Å². The number of carbonyl (C=O) groups is 4. The van der Waals surface area contributed by atoms with Gasteiger partial charge in [0.05, 0.1) is 23.3 Å². The summed E-state index contributed by atoms with van der Waals surface area (Å²) in [5.41, 5.74) is 9.70. The number of nitrogens with one attached hydrogen (secondary N) is 2. The number of rotatable bonds is 11. The van der Waals surface area contributed by atoms with Crippen molar-refractivity contribution in [2.24, 2.45) is 5.92 Å². The quantitative estimate of drug-likeness (QED) is 0.158. The van der Waals surface area contributed by atoms with E-state index in [1.807, 2.05) is 59.5 Å². The number of benzene rings is 3. The number of imide groups is 1. The van der Waals surface area contributed by atoms with Gasteiger partial charge in [-0.3, -0.25) is 29.4 Å². The highest BCUT2D eigenvalue weighted by molar-refractivity contribution is 6.00. The van der Waals surface area contributed by atoms with Crippen molar-refractivity contribution in [3.63, 3.8) is 0 Å². The van der Waals surface area contributed by atoms with Crippen LogP contribution >= 0.6 is 0 Å². The van der Waals surface area contributed by atoms with Crippen molar-refractivity contribution >= 4 is 35.1 Å². The molecule has 4 saturated heterocycles. The molecule has 3 aromatic carbocycles. The number of aromatic nitrogens is 2. The number of aromatic hydroxyl groups is 1. The average molecular weight is 815 g/mol. The first kappa shape index (κ1) is 40.7. The number of nitrogens with two attached hydrogens (primary N) is 1. The predicted octanol–water partition coefficient (Wildman–Crippen LogP) is 4.39. The summed E-state index contributed by atoms with van der Waals surface area (Å²) in [6, 6.07) is 26.8. The van der Waals surface area contributed by atoms with Gasteiger partial charge in [0.25, 0.3) is 5.91 Å². The Kier molecular flexibility index (Phi) is 12.3. The molecule has 8 rings (SSSR count). The van der Waals surface area contributed by atoms with E-state index in [4.69, 9.17) is 10.5 Å². The highest BCUT2D eigenvalue weighted by Crippen LogP contribution is 2.40. The molecule has 14 heteroatoms. The number of phenolic OH excluding ortho intramolecular Hbond substituents is 1. The maximum Gasteiger partial charge on any atom is 0.267 e. The first-order valence-corrected chi connectivity index (χ1v) is 21.3. The topological polar surface area (TPSA) is 183 Å². The number of hydrogen-bond donors (Lipinski definition) is 4. The molecule has 0 radical (unpaired) electrons. The highest BCUT2D eigenvalue weighted by Gasteiger charge is 2.43. The molecule has 14 nitrogen and oxygen atoms in total. The molecule has 4 fully saturated rings. The standard InChI is InChI=1S/C46H54N8O6/c47-43-38(28-37(50-51-43)36-8-4-5-9-39(36)55)53-26-20-46(21-27-53,34-6-2-1-3-7-34)45(59)48-29-31-16-24-54(25-17-31)42(57)30-52-22-18-33(19-23-52)32-10-12-35(13-11-32)60-40-14-15-41(56)49-44(40)58/h1-13,28,31,33,40,55H,14-27,29-30H2,(H2,47,51)(H,48,59)(H,49,56,58). The molecule has 4 aromatic rings. The Morgan fingerprint density at radius 1 is 0.850 bits per heavy atom. The fraction of sp³-hybridized carbons (Fsp3) is 0.435. The number of anilines is 2. The maximum atomic E-state index is 14.3. The van der Waals surface area contributed by atoms with Gasteiger partial charge < -0.3 is 30.7 Å². The monoisotopic (exact) mass is 814 g/mol. The number of carbonyl (C=O) groups excluding carboxylic acids is 4. The number of piperidine rings is 4. The second-order valence-corrected chi connectivity index (χ2v) is 16.7. The van der Waals surface area contributed by atoms with E-state index >= 15 is 0 Å². The van der Waals surface area contributed by atoms with E-state index < -0.39 is 11.5 Å². The number of nitrogens with zero attached hydrogens (tertiary/aromatic N) is 5. The third-order valence-electron chi connectivity index (χ3n) is 13.0. The van der Waals surface area contributed by atoms with Crippen LogP contribution in [0.1, 0.15) is 68.4 Å². The van der Waals surface area contributed by atoms with Gasteiger partial charge in [-0.15, -0.1) is 10.2 Å². The maximum absolute atomic E-state index is 14.3. The van der Waals surface area contributed by atoms with E-state index in [0.29, 0.717) is 87.3 Å². The van der Waals surface area contributed by atoms with E-state index in [1.165, 1.54) is 5.56 Å². The molecule has 1 aromatic heterocycles. The van der Waals surface area contributed by atoms with E-state index in [-0.39, 0.29) is 41.7 Å². The molecule has 1 unspecified atom stereocenters. The summed E-state index contributed by atoms with van der Waals surface area (Å²) in [5.74, 6) is 1.27. The van der Waals surface area contributed by atoms with Crippen molar-refractivity contribution in [1.29, 1.82) is 0 Å². The largest absolute Gasteiger partial charge is 0.507 e. The van der Waals surface area contributed by atoms with E-state index in [9.17, 15) is 24.3 Å². The SMILES string of the molecule is Nc1nnc(-c2ccccc2O)cc1N1CCC(C(=O)NCC2CCN(C(=O)CN3CCC(c4ccc(OC5CCC(=O)NC5=O)cc4)CC3)CC2)(c2ccccc2)CC1. The Balaban J connectivity index is 0.793. The van der Waals surface area contributed by atoms with Crippen LogP contribution in [0.5, 0.6) is 11.5 Å². The molecule has 4 amide bonds. The molecule has 5 N–H and O–H groups in total. The summed E-state index contributed by atoms with van der Waals surface area (Å²) in [6.07, 6.45) is 4.80.